The number of rotatable bonds is 1. The zero-order valence-electron chi connectivity index (χ0n) is 9.35. The van der Waals surface area contributed by atoms with E-state index >= 15 is 0 Å². The topological polar surface area (TPSA) is 54.9 Å². The SMILES string of the molecule is Cc1c(Cl)[nH]c(=O)n(CC(C)(C)C)c1=O. The minimum absolute atomic E-state index is 0.121. The van der Waals surface area contributed by atoms with Crippen LogP contribution in [0.5, 0.6) is 0 Å². The second-order valence-electron chi connectivity index (χ2n) is 4.82. The van der Waals surface area contributed by atoms with E-state index in [1.54, 1.807) is 6.92 Å². The lowest BCUT2D eigenvalue weighted by Crippen LogP contribution is -2.39. The van der Waals surface area contributed by atoms with Gasteiger partial charge in [0.05, 0.1) is 0 Å². The molecular weight excluding hydrogens is 216 g/mol. The average Bonchev–Trinajstić information content (AvgIpc) is 2.07. The molecule has 0 saturated heterocycles. The standard InChI is InChI=1S/C10H15ClN2O2/c1-6-7(11)12-9(15)13(8(6)14)5-10(2,3)4/h5H2,1-4H3,(H,12,15). The van der Waals surface area contributed by atoms with Crippen molar-refractivity contribution >= 4 is 11.6 Å². The summed E-state index contributed by atoms with van der Waals surface area (Å²) in [5.74, 6) is 0. The maximum atomic E-state index is 11.7. The van der Waals surface area contributed by atoms with E-state index in [1.807, 2.05) is 20.8 Å². The molecule has 0 saturated carbocycles. The number of hydrogen-bond acceptors (Lipinski definition) is 2. The number of H-pyrrole nitrogens is 1. The quantitative estimate of drug-likeness (QED) is 0.745. The number of nitrogens with one attached hydrogen (secondary N) is 1. The van der Waals surface area contributed by atoms with E-state index < -0.39 is 5.69 Å². The van der Waals surface area contributed by atoms with Gasteiger partial charge in [-0.15, -0.1) is 0 Å². The molecule has 0 aliphatic heterocycles. The smallest absolute Gasteiger partial charge is 0.297 e. The summed E-state index contributed by atoms with van der Waals surface area (Å²) in [6, 6.07) is 0. The third-order valence-corrected chi connectivity index (χ3v) is 2.37. The van der Waals surface area contributed by atoms with E-state index in [1.165, 1.54) is 4.57 Å². The Morgan fingerprint density at radius 3 is 2.33 bits per heavy atom. The zero-order valence-corrected chi connectivity index (χ0v) is 10.1. The molecule has 0 spiro atoms. The molecule has 5 heteroatoms. The molecule has 0 aliphatic rings. The molecule has 0 bridgehead atoms. The predicted octanol–water partition coefficient (Wildman–Crippen LogP) is 1.54. The lowest BCUT2D eigenvalue weighted by atomic mass is 9.97. The van der Waals surface area contributed by atoms with Gasteiger partial charge in [0, 0.05) is 12.1 Å². The van der Waals surface area contributed by atoms with Crippen LogP contribution in [0.3, 0.4) is 0 Å². The van der Waals surface area contributed by atoms with Crippen molar-refractivity contribution < 1.29 is 0 Å². The number of nitrogens with zero attached hydrogens (tertiary/aromatic N) is 1. The third-order valence-electron chi connectivity index (χ3n) is 1.99. The van der Waals surface area contributed by atoms with Crippen LogP contribution in [0.1, 0.15) is 26.3 Å². The van der Waals surface area contributed by atoms with Crippen LogP contribution in [-0.4, -0.2) is 9.55 Å². The monoisotopic (exact) mass is 230 g/mol. The van der Waals surface area contributed by atoms with Crippen molar-refractivity contribution in [2.75, 3.05) is 0 Å². The summed E-state index contributed by atoms with van der Waals surface area (Å²) in [5, 5.41) is 0.121. The first kappa shape index (κ1) is 12.0. The molecule has 1 rings (SSSR count). The molecule has 1 N–H and O–H groups in total. The molecule has 15 heavy (non-hydrogen) atoms. The molecule has 0 unspecified atom stereocenters. The number of halogens is 1. The van der Waals surface area contributed by atoms with Gasteiger partial charge in [-0.2, -0.15) is 0 Å². The highest BCUT2D eigenvalue weighted by atomic mass is 35.5. The molecule has 0 aromatic carbocycles. The maximum Gasteiger partial charge on any atom is 0.329 e. The van der Waals surface area contributed by atoms with Gasteiger partial charge in [-0.05, 0) is 12.3 Å². The molecule has 84 valence electrons. The third kappa shape index (κ3) is 2.72. The minimum Gasteiger partial charge on any atom is -0.297 e. The van der Waals surface area contributed by atoms with Gasteiger partial charge in [-0.3, -0.25) is 14.3 Å². The Hall–Kier alpha value is -1.03. The average molecular weight is 231 g/mol. The van der Waals surface area contributed by atoms with Crippen molar-refractivity contribution in [2.24, 2.45) is 5.41 Å². The largest absolute Gasteiger partial charge is 0.329 e. The van der Waals surface area contributed by atoms with Crippen LogP contribution >= 0.6 is 11.6 Å². The lowest BCUT2D eigenvalue weighted by Gasteiger charge is -2.19. The van der Waals surface area contributed by atoms with Crippen LogP contribution < -0.4 is 11.2 Å². The number of aromatic nitrogens is 2. The van der Waals surface area contributed by atoms with Crippen LogP contribution in [0.15, 0.2) is 9.59 Å². The van der Waals surface area contributed by atoms with Crippen LogP contribution in [0.25, 0.3) is 0 Å². The fourth-order valence-electron chi connectivity index (χ4n) is 1.26. The Bertz CT molecular complexity index is 480. The zero-order chi connectivity index (χ0) is 11.8. The van der Waals surface area contributed by atoms with Gasteiger partial charge in [-0.1, -0.05) is 32.4 Å². The minimum atomic E-state index is -0.453. The van der Waals surface area contributed by atoms with Gasteiger partial charge < -0.3 is 0 Å². The van der Waals surface area contributed by atoms with Crippen molar-refractivity contribution in [1.29, 1.82) is 0 Å². The maximum absolute atomic E-state index is 11.7. The lowest BCUT2D eigenvalue weighted by molar-refractivity contribution is 0.330. The fourth-order valence-corrected chi connectivity index (χ4v) is 1.42. The Morgan fingerprint density at radius 2 is 1.87 bits per heavy atom. The Labute approximate surface area is 92.9 Å². The first-order valence-corrected chi connectivity index (χ1v) is 5.09. The molecule has 0 radical (unpaired) electrons. The first-order valence-electron chi connectivity index (χ1n) is 4.71. The summed E-state index contributed by atoms with van der Waals surface area (Å²) in [6.45, 7) is 7.85. The van der Waals surface area contributed by atoms with Gasteiger partial charge in [-0.25, -0.2) is 4.79 Å². The highest BCUT2D eigenvalue weighted by Gasteiger charge is 2.16. The molecule has 1 heterocycles. The van der Waals surface area contributed by atoms with Crippen molar-refractivity contribution in [1.82, 2.24) is 9.55 Å². The molecule has 0 aliphatic carbocycles. The molecule has 0 amide bonds. The van der Waals surface area contributed by atoms with Crippen molar-refractivity contribution in [3.05, 3.63) is 31.6 Å². The van der Waals surface area contributed by atoms with Gasteiger partial charge in [0.1, 0.15) is 5.15 Å². The summed E-state index contributed by atoms with van der Waals surface area (Å²) >= 11 is 5.69. The summed E-state index contributed by atoms with van der Waals surface area (Å²) in [7, 11) is 0. The highest BCUT2D eigenvalue weighted by molar-refractivity contribution is 6.30. The Morgan fingerprint density at radius 1 is 1.33 bits per heavy atom. The number of aromatic amines is 1. The van der Waals surface area contributed by atoms with Crippen molar-refractivity contribution in [2.45, 2.75) is 34.2 Å². The van der Waals surface area contributed by atoms with Crippen molar-refractivity contribution in [3.63, 3.8) is 0 Å². The molecule has 0 atom stereocenters. The summed E-state index contributed by atoms with van der Waals surface area (Å²) in [5.41, 5.74) is -0.526. The summed E-state index contributed by atoms with van der Waals surface area (Å²) in [6.07, 6.45) is 0. The summed E-state index contributed by atoms with van der Waals surface area (Å²) in [4.78, 5) is 25.7. The van der Waals surface area contributed by atoms with Crippen LogP contribution in [-0.2, 0) is 6.54 Å². The normalized spacial score (nSPS) is 11.8. The highest BCUT2D eigenvalue weighted by Crippen LogP contribution is 2.14. The van der Waals surface area contributed by atoms with Gasteiger partial charge >= 0.3 is 5.69 Å². The van der Waals surface area contributed by atoms with E-state index in [4.69, 9.17) is 11.6 Å². The predicted molar refractivity (Wildman–Crippen MR) is 60.5 cm³/mol. The second kappa shape index (κ2) is 3.85. The number of hydrogen-bond donors (Lipinski definition) is 1. The van der Waals surface area contributed by atoms with Crippen LogP contribution in [0.2, 0.25) is 5.15 Å². The van der Waals surface area contributed by atoms with E-state index in [2.05, 4.69) is 4.98 Å². The molecule has 1 aromatic heterocycles. The molecule has 1 aromatic rings. The first-order chi connectivity index (χ1) is 6.72. The van der Waals surface area contributed by atoms with Gasteiger partial charge in [0.25, 0.3) is 5.56 Å². The van der Waals surface area contributed by atoms with Crippen LogP contribution in [0.4, 0.5) is 0 Å². The summed E-state index contributed by atoms with van der Waals surface area (Å²) < 4.78 is 1.18. The second-order valence-corrected chi connectivity index (χ2v) is 5.20. The van der Waals surface area contributed by atoms with Gasteiger partial charge in [0.15, 0.2) is 0 Å². The van der Waals surface area contributed by atoms with E-state index in [-0.39, 0.29) is 16.1 Å². The Kier molecular flexibility index (Phi) is 3.09. The van der Waals surface area contributed by atoms with E-state index in [0.717, 1.165) is 0 Å². The molecule has 4 nitrogen and oxygen atoms in total. The van der Waals surface area contributed by atoms with E-state index in [9.17, 15) is 9.59 Å². The van der Waals surface area contributed by atoms with Crippen LogP contribution in [0, 0.1) is 12.3 Å². The Balaban J connectivity index is 3.38. The molecular formula is C10H15ClN2O2. The van der Waals surface area contributed by atoms with Crippen molar-refractivity contribution in [3.8, 4) is 0 Å². The van der Waals surface area contributed by atoms with E-state index in [0.29, 0.717) is 12.1 Å². The molecule has 0 fully saturated rings. The fraction of sp³-hybridized carbons (Fsp3) is 0.600. The van der Waals surface area contributed by atoms with Gasteiger partial charge in [0.2, 0.25) is 0 Å².